The average molecular weight is 357 g/mol. The van der Waals surface area contributed by atoms with Gasteiger partial charge in [-0.1, -0.05) is 0 Å². The Balaban J connectivity index is 1.88. The summed E-state index contributed by atoms with van der Waals surface area (Å²) in [7, 11) is -4.15. The molecule has 130 valence electrons. The van der Waals surface area contributed by atoms with Gasteiger partial charge in [0.1, 0.15) is 34.6 Å². The molecule has 8 heteroatoms. The Hall–Kier alpha value is -2.19. The second kappa shape index (κ2) is 8.07. The molecule has 2 aromatic rings. The van der Waals surface area contributed by atoms with Gasteiger partial charge in [-0.15, -0.1) is 0 Å². The van der Waals surface area contributed by atoms with E-state index in [0.717, 1.165) is 12.1 Å². The summed E-state index contributed by atoms with van der Waals surface area (Å²) in [5, 5.41) is 0. The summed E-state index contributed by atoms with van der Waals surface area (Å²) in [5.41, 5.74) is 0. The first-order valence-corrected chi connectivity index (χ1v) is 8.71. The summed E-state index contributed by atoms with van der Waals surface area (Å²) < 4.78 is 63.3. The van der Waals surface area contributed by atoms with Crippen molar-refractivity contribution in [2.45, 2.75) is 11.8 Å². The fraction of sp³-hybridized carbons (Fsp3) is 0.250. The van der Waals surface area contributed by atoms with Crippen LogP contribution in [0.5, 0.6) is 11.5 Å². The molecule has 0 aliphatic heterocycles. The lowest BCUT2D eigenvalue weighted by Crippen LogP contribution is -2.29. The zero-order valence-electron chi connectivity index (χ0n) is 13.0. The van der Waals surface area contributed by atoms with Crippen LogP contribution in [0.2, 0.25) is 0 Å². The predicted molar refractivity (Wildman–Crippen MR) is 84.7 cm³/mol. The molecule has 0 radical (unpaired) electrons. The molecule has 0 fully saturated rings. The maximum Gasteiger partial charge on any atom is 0.243 e. The van der Waals surface area contributed by atoms with E-state index in [1.165, 1.54) is 0 Å². The molecule has 1 N–H and O–H groups in total. The van der Waals surface area contributed by atoms with E-state index in [2.05, 4.69) is 4.72 Å². The van der Waals surface area contributed by atoms with E-state index in [4.69, 9.17) is 9.47 Å². The molecule has 0 atom stereocenters. The van der Waals surface area contributed by atoms with Crippen LogP contribution in [0.1, 0.15) is 6.92 Å². The van der Waals surface area contributed by atoms with Gasteiger partial charge in [0, 0.05) is 6.54 Å². The third-order valence-electron chi connectivity index (χ3n) is 2.98. The van der Waals surface area contributed by atoms with Gasteiger partial charge in [-0.2, -0.15) is 0 Å². The van der Waals surface area contributed by atoms with E-state index in [1.54, 1.807) is 24.3 Å². The molecule has 24 heavy (non-hydrogen) atoms. The molecule has 5 nitrogen and oxygen atoms in total. The molecule has 0 unspecified atom stereocenters. The largest absolute Gasteiger partial charge is 0.494 e. The second-order valence-electron chi connectivity index (χ2n) is 4.73. The predicted octanol–water partition coefficient (Wildman–Crippen LogP) is 2.72. The standard InChI is InChI=1S/C16H17F2NO4S/c1-2-22-13-4-6-14(7-5-13)23-10-9-19-24(20,21)16-11-12(17)3-8-15(16)18/h3-8,11,19H,2,9-10H2,1H3. The number of nitrogens with one attached hydrogen (secondary N) is 1. The number of sulfonamides is 1. The van der Waals surface area contributed by atoms with Gasteiger partial charge < -0.3 is 9.47 Å². The van der Waals surface area contributed by atoms with Gasteiger partial charge in [-0.05, 0) is 49.4 Å². The zero-order valence-corrected chi connectivity index (χ0v) is 13.8. The summed E-state index contributed by atoms with van der Waals surface area (Å²) >= 11 is 0. The van der Waals surface area contributed by atoms with Gasteiger partial charge >= 0.3 is 0 Å². The zero-order chi connectivity index (χ0) is 17.6. The lowest BCUT2D eigenvalue weighted by atomic mass is 10.3. The van der Waals surface area contributed by atoms with Crippen molar-refractivity contribution >= 4 is 10.0 Å². The summed E-state index contributed by atoms with van der Waals surface area (Å²) in [6.07, 6.45) is 0. The van der Waals surface area contributed by atoms with Crippen LogP contribution >= 0.6 is 0 Å². The summed E-state index contributed by atoms with van der Waals surface area (Å²) in [6.45, 7) is 2.37. The highest BCUT2D eigenvalue weighted by Crippen LogP contribution is 2.18. The highest BCUT2D eigenvalue weighted by atomic mass is 32.2. The molecule has 0 spiro atoms. The third-order valence-corrected chi connectivity index (χ3v) is 4.46. The second-order valence-corrected chi connectivity index (χ2v) is 6.46. The van der Waals surface area contributed by atoms with E-state index >= 15 is 0 Å². The van der Waals surface area contributed by atoms with Crippen LogP contribution in [-0.2, 0) is 10.0 Å². The summed E-state index contributed by atoms with van der Waals surface area (Å²) in [4.78, 5) is -0.733. The Bertz CT molecular complexity index is 779. The van der Waals surface area contributed by atoms with E-state index in [-0.39, 0.29) is 13.2 Å². The Morgan fingerprint density at radius 3 is 2.25 bits per heavy atom. The molecule has 0 aliphatic rings. The van der Waals surface area contributed by atoms with Crippen LogP contribution in [-0.4, -0.2) is 28.2 Å². The smallest absolute Gasteiger partial charge is 0.243 e. The molecule has 2 rings (SSSR count). The first-order chi connectivity index (χ1) is 11.4. The fourth-order valence-corrected chi connectivity index (χ4v) is 3.00. The lowest BCUT2D eigenvalue weighted by molar-refractivity contribution is 0.319. The van der Waals surface area contributed by atoms with Crippen LogP contribution in [0.4, 0.5) is 8.78 Å². The molecule has 0 amide bonds. The molecule has 0 aliphatic carbocycles. The first-order valence-electron chi connectivity index (χ1n) is 7.23. The maximum absolute atomic E-state index is 13.5. The fourth-order valence-electron chi connectivity index (χ4n) is 1.90. The lowest BCUT2D eigenvalue weighted by Gasteiger charge is -2.10. The van der Waals surface area contributed by atoms with Crippen LogP contribution in [0.3, 0.4) is 0 Å². The molecule has 0 aromatic heterocycles. The summed E-state index contributed by atoms with van der Waals surface area (Å²) in [6, 6.07) is 9.07. The van der Waals surface area contributed by atoms with Crippen molar-refractivity contribution in [2.24, 2.45) is 0 Å². The van der Waals surface area contributed by atoms with Gasteiger partial charge in [-0.25, -0.2) is 21.9 Å². The van der Waals surface area contributed by atoms with Crippen molar-refractivity contribution in [3.63, 3.8) is 0 Å². The number of hydrogen-bond donors (Lipinski definition) is 1. The molecule has 0 saturated carbocycles. The monoisotopic (exact) mass is 357 g/mol. The van der Waals surface area contributed by atoms with Crippen molar-refractivity contribution in [2.75, 3.05) is 19.8 Å². The Kier molecular flexibility index (Phi) is 6.10. The minimum atomic E-state index is -4.15. The van der Waals surface area contributed by atoms with Crippen molar-refractivity contribution in [1.29, 1.82) is 0 Å². The van der Waals surface area contributed by atoms with Crippen LogP contribution in [0.15, 0.2) is 47.4 Å². The van der Waals surface area contributed by atoms with Crippen molar-refractivity contribution in [3.05, 3.63) is 54.1 Å². The quantitative estimate of drug-likeness (QED) is 0.738. The normalized spacial score (nSPS) is 11.3. The highest BCUT2D eigenvalue weighted by molar-refractivity contribution is 7.89. The molecule has 0 heterocycles. The molecule has 0 bridgehead atoms. The van der Waals surface area contributed by atoms with E-state index in [0.29, 0.717) is 24.2 Å². The van der Waals surface area contributed by atoms with Crippen LogP contribution < -0.4 is 14.2 Å². The Morgan fingerprint density at radius 1 is 1.00 bits per heavy atom. The number of hydrogen-bond acceptors (Lipinski definition) is 4. The maximum atomic E-state index is 13.5. The molecule has 2 aromatic carbocycles. The Morgan fingerprint density at radius 2 is 1.62 bits per heavy atom. The van der Waals surface area contributed by atoms with E-state index < -0.39 is 26.6 Å². The van der Waals surface area contributed by atoms with Gasteiger partial charge in [0.2, 0.25) is 10.0 Å². The summed E-state index contributed by atoms with van der Waals surface area (Å²) in [5.74, 6) is -0.611. The average Bonchev–Trinajstić information content (AvgIpc) is 2.55. The van der Waals surface area contributed by atoms with E-state index in [9.17, 15) is 17.2 Å². The third kappa shape index (κ3) is 4.90. The Labute approximate surface area is 139 Å². The SMILES string of the molecule is CCOc1ccc(OCCNS(=O)(=O)c2cc(F)ccc2F)cc1. The topological polar surface area (TPSA) is 64.6 Å². The molecule has 0 saturated heterocycles. The van der Waals surface area contributed by atoms with Crippen molar-refractivity contribution in [1.82, 2.24) is 4.72 Å². The molecular weight excluding hydrogens is 340 g/mol. The van der Waals surface area contributed by atoms with Gasteiger partial charge in [0.15, 0.2) is 0 Å². The van der Waals surface area contributed by atoms with Crippen molar-refractivity contribution in [3.8, 4) is 11.5 Å². The number of rotatable bonds is 8. The van der Waals surface area contributed by atoms with Gasteiger partial charge in [0.25, 0.3) is 0 Å². The van der Waals surface area contributed by atoms with Crippen LogP contribution in [0.25, 0.3) is 0 Å². The minimum Gasteiger partial charge on any atom is -0.494 e. The number of halogens is 2. The number of benzene rings is 2. The first kappa shape index (κ1) is 18.2. The highest BCUT2D eigenvalue weighted by Gasteiger charge is 2.19. The molecular formula is C16H17F2NO4S. The van der Waals surface area contributed by atoms with Gasteiger partial charge in [0.05, 0.1) is 6.61 Å². The minimum absolute atomic E-state index is 0.0319. The van der Waals surface area contributed by atoms with Crippen LogP contribution in [0, 0.1) is 11.6 Å². The van der Waals surface area contributed by atoms with Crippen molar-refractivity contribution < 1.29 is 26.7 Å². The van der Waals surface area contributed by atoms with E-state index in [1.807, 2.05) is 6.92 Å². The van der Waals surface area contributed by atoms with Gasteiger partial charge in [-0.3, -0.25) is 0 Å². The number of ether oxygens (including phenoxy) is 2.